The zero-order valence-corrected chi connectivity index (χ0v) is 29.7. The van der Waals surface area contributed by atoms with E-state index in [1.54, 1.807) is 12.3 Å². The molecule has 0 aliphatic rings. The number of halogens is 1. The van der Waals surface area contributed by atoms with Crippen LogP contribution in [0, 0.1) is 29.5 Å². The maximum atomic E-state index is 14.4. The van der Waals surface area contributed by atoms with E-state index in [4.69, 9.17) is 9.83 Å². The summed E-state index contributed by atoms with van der Waals surface area (Å²) in [5, 5.41) is 9.47. The summed E-state index contributed by atoms with van der Waals surface area (Å²) in [5.41, 5.74) is 11.2. The number of likely N-dealkylation sites (N-methyl/N-ethyl adjacent to an activating group) is 1. The second-order valence-corrected chi connectivity index (χ2v) is 12.5. The quantitative estimate of drug-likeness (QED) is 0.0865. The molecule has 1 N–H and O–H groups in total. The Hall–Kier alpha value is -3.59. The molecule has 1 heterocycles. The highest BCUT2D eigenvalue weighted by Gasteiger charge is 2.21. The average Bonchev–Trinajstić information content (AvgIpc) is 3.01. The summed E-state index contributed by atoms with van der Waals surface area (Å²) in [7, 11) is 6.43. The summed E-state index contributed by atoms with van der Waals surface area (Å²) in [4.78, 5) is 16.7. The number of aliphatic imine (C=N–C) groups is 1. The molecule has 1 unspecified atom stereocenters. The maximum Gasteiger partial charge on any atom is 0.165 e. The van der Waals surface area contributed by atoms with Gasteiger partial charge in [0.15, 0.2) is 5.69 Å². The van der Waals surface area contributed by atoms with Gasteiger partial charge in [-0.15, -0.1) is 0 Å². The number of hydrogen-bond acceptors (Lipinski definition) is 6. The van der Waals surface area contributed by atoms with Crippen molar-refractivity contribution in [2.24, 2.45) is 10.4 Å². The zero-order chi connectivity index (χ0) is 33.6. The van der Waals surface area contributed by atoms with Gasteiger partial charge in [0.25, 0.3) is 0 Å². The van der Waals surface area contributed by atoms with E-state index in [1.165, 1.54) is 13.2 Å². The van der Waals surface area contributed by atoms with E-state index in [2.05, 4.69) is 89.7 Å². The van der Waals surface area contributed by atoms with Crippen molar-refractivity contribution in [3.05, 3.63) is 99.8 Å². The summed E-state index contributed by atoms with van der Waals surface area (Å²) in [6.07, 6.45) is 14.4. The summed E-state index contributed by atoms with van der Waals surface area (Å²) in [5.74, 6) is -0.188. The number of allylic oxidation sites excluding steroid dienone is 6. The fraction of sp³-hybridized carbons (Fsp3) is 0.432. The second-order valence-electron chi connectivity index (χ2n) is 12.0. The molecule has 1 atom stereocenters. The molecule has 0 amide bonds. The highest BCUT2D eigenvalue weighted by atomic mass is 31.0. The van der Waals surface area contributed by atoms with Crippen LogP contribution in [0.15, 0.2) is 76.6 Å². The Morgan fingerprint density at radius 3 is 2.62 bits per heavy atom. The Labute approximate surface area is 273 Å². The molecular formula is C37H51FN5OP. The summed E-state index contributed by atoms with van der Waals surface area (Å²) >= 11 is 0. The van der Waals surface area contributed by atoms with Crippen LogP contribution in [0.25, 0.3) is 5.57 Å². The molecule has 0 aliphatic carbocycles. The van der Waals surface area contributed by atoms with E-state index in [-0.39, 0.29) is 16.9 Å². The second kappa shape index (κ2) is 18.4. The largest absolute Gasteiger partial charge is 0.370 e. The molecule has 8 heteroatoms. The Balaban J connectivity index is 2.50. The molecular weight excluding hydrogens is 580 g/mol. The van der Waals surface area contributed by atoms with Crippen molar-refractivity contribution < 1.29 is 9.23 Å². The van der Waals surface area contributed by atoms with Gasteiger partial charge in [0, 0.05) is 37.6 Å². The number of nitriles is 1. The van der Waals surface area contributed by atoms with Gasteiger partial charge in [-0.1, -0.05) is 84.9 Å². The lowest BCUT2D eigenvalue weighted by Gasteiger charge is -2.29. The molecule has 0 radical (unpaired) electrons. The standard InChI is InChI=1S/C37H51FN5OP/c1-10-13-18-37(6,7)22-31(35(12-3)43(8)25-29-15-14-16-32(38)27(29)5)36(45)40-19-17-28(20-26(4)11-2)30-21-33(42-44-9)34(23-39)41-24-30/h11-12,14-16,20-22,24,42H,10,13,17-19,25,45H2,1-9H3/b26-11-,28-20+,31-22+,35-12+,40-36?. The number of hydrogen-bond donors (Lipinski definition) is 1. The third kappa shape index (κ3) is 11.4. The smallest absolute Gasteiger partial charge is 0.165 e. The molecule has 1 aromatic carbocycles. The van der Waals surface area contributed by atoms with Crippen molar-refractivity contribution in [1.29, 1.82) is 5.26 Å². The van der Waals surface area contributed by atoms with Gasteiger partial charge >= 0.3 is 0 Å². The lowest BCUT2D eigenvalue weighted by atomic mass is 9.84. The average molecular weight is 632 g/mol. The van der Waals surface area contributed by atoms with Crippen LogP contribution in [0.5, 0.6) is 0 Å². The van der Waals surface area contributed by atoms with E-state index < -0.39 is 0 Å². The fourth-order valence-corrected chi connectivity index (χ4v) is 5.44. The lowest BCUT2D eigenvalue weighted by Crippen LogP contribution is -2.23. The molecule has 2 aromatic rings. The predicted molar refractivity (Wildman–Crippen MR) is 191 cm³/mol. The highest BCUT2D eigenvalue weighted by Crippen LogP contribution is 2.32. The highest BCUT2D eigenvalue weighted by molar-refractivity contribution is 7.42. The number of rotatable bonds is 16. The van der Waals surface area contributed by atoms with Crippen LogP contribution in [0.2, 0.25) is 0 Å². The Morgan fingerprint density at radius 2 is 2.00 bits per heavy atom. The van der Waals surface area contributed by atoms with Crippen LogP contribution < -0.4 is 5.48 Å². The fourth-order valence-electron chi connectivity index (χ4n) is 5.08. The van der Waals surface area contributed by atoms with Gasteiger partial charge in [0.05, 0.1) is 18.2 Å². The SMILES string of the molecule is C/C=C(C)\C=C(/CCN=C(P)C(=C/C(C)(C)CCCC)/C(=C\C)N(C)Cc1cccc(F)c1C)c1cnc(C#N)c(NOC)c1. The summed E-state index contributed by atoms with van der Waals surface area (Å²) in [6.45, 7) is 15.8. The minimum Gasteiger partial charge on any atom is -0.370 e. The van der Waals surface area contributed by atoms with Crippen molar-refractivity contribution in [3.8, 4) is 6.07 Å². The van der Waals surface area contributed by atoms with Gasteiger partial charge in [-0.05, 0) is 80.3 Å². The third-order valence-electron chi connectivity index (χ3n) is 7.83. The van der Waals surface area contributed by atoms with Gasteiger partial charge in [0.2, 0.25) is 0 Å². The summed E-state index contributed by atoms with van der Waals surface area (Å²) < 4.78 is 14.4. The molecule has 242 valence electrons. The van der Waals surface area contributed by atoms with Gasteiger partial charge in [0.1, 0.15) is 11.9 Å². The number of nitrogens with one attached hydrogen (secondary N) is 1. The molecule has 2 rings (SSSR count). The zero-order valence-electron chi connectivity index (χ0n) is 28.6. The Bertz CT molecular complexity index is 1500. The number of nitrogens with zero attached hydrogens (tertiary/aromatic N) is 4. The van der Waals surface area contributed by atoms with E-state index in [0.717, 1.165) is 58.3 Å². The molecule has 0 fully saturated rings. The van der Waals surface area contributed by atoms with Crippen molar-refractivity contribution in [2.75, 3.05) is 26.2 Å². The molecule has 1 aromatic heterocycles. The predicted octanol–water partition coefficient (Wildman–Crippen LogP) is 9.57. The number of anilines is 1. The molecule has 45 heavy (non-hydrogen) atoms. The van der Waals surface area contributed by atoms with Crippen molar-refractivity contribution in [1.82, 2.24) is 9.88 Å². The van der Waals surface area contributed by atoms with Gasteiger partial charge < -0.3 is 4.90 Å². The lowest BCUT2D eigenvalue weighted by molar-refractivity contribution is 0.270. The number of aromatic nitrogens is 1. The molecule has 6 nitrogen and oxygen atoms in total. The monoisotopic (exact) mass is 631 g/mol. The number of benzene rings is 1. The third-order valence-corrected chi connectivity index (χ3v) is 8.32. The molecule has 0 saturated heterocycles. The molecule has 0 spiro atoms. The number of unbranched alkanes of at least 4 members (excludes halogenated alkanes) is 1. The first-order valence-corrected chi connectivity index (χ1v) is 16.2. The van der Waals surface area contributed by atoms with E-state index in [1.807, 2.05) is 32.9 Å². The van der Waals surface area contributed by atoms with Crippen LogP contribution in [-0.2, 0) is 11.4 Å². The van der Waals surface area contributed by atoms with Gasteiger partial charge in [-0.3, -0.25) is 15.3 Å². The molecule has 0 bridgehead atoms. The van der Waals surface area contributed by atoms with Crippen LogP contribution in [0.4, 0.5) is 10.1 Å². The first kappa shape index (κ1) is 37.6. The van der Waals surface area contributed by atoms with Gasteiger partial charge in [-0.25, -0.2) is 9.37 Å². The van der Waals surface area contributed by atoms with E-state index in [9.17, 15) is 9.65 Å². The Kier molecular flexibility index (Phi) is 15.4. The topological polar surface area (TPSA) is 73.5 Å². The van der Waals surface area contributed by atoms with Crippen molar-refractivity contribution >= 4 is 26.0 Å². The minimum atomic E-state index is -0.188. The molecule has 0 saturated carbocycles. The van der Waals surface area contributed by atoms with Crippen LogP contribution >= 0.6 is 9.24 Å². The van der Waals surface area contributed by atoms with Crippen LogP contribution in [0.1, 0.15) is 89.6 Å². The maximum absolute atomic E-state index is 14.4. The molecule has 0 aliphatic heterocycles. The minimum absolute atomic E-state index is 0.0421. The van der Waals surface area contributed by atoms with E-state index in [0.29, 0.717) is 30.8 Å². The van der Waals surface area contributed by atoms with Crippen LogP contribution in [-0.4, -0.2) is 36.0 Å². The van der Waals surface area contributed by atoms with Crippen LogP contribution in [0.3, 0.4) is 0 Å². The first-order chi connectivity index (χ1) is 21.4. The van der Waals surface area contributed by atoms with E-state index >= 15 is 0 Å². The van der Waals surface area contributed by atoms with Crippen molar-refractivity contribution in [2.45, 2.75) is 80.7 Å². The summed E-state index contributed by atoms with van der Waals surface area (Å²) in [6, 6.07) is 9.25. The van der Waals surface area contributed by atoms with Gasteiger partial charge in [-0.2, -0.15) is 5.26 Å². The first-order valence-electron chi connectivity index (χ1n) is 15.6. The van der Waals surface area contributed by atoms with Crippen molar-refractivity contribution in [3.63, 3.8) is 0 Å². The Morgan fingerprint density at radius 1 is 1.27 bits per heavy atom. The normalized spacial score (nSPS) is 13.6. The number of pyridine rings is 1.